The molecule has 1 aliphatic heterocycles. The summed E-state index contributed by atoms with van der Waals surface area (Å²) >= 11 is 0. The summed E-state index contributed by atoms with van der Waals surface area (Å²) in [7, 11) is -3.50. The van der Waals surface area contributed by atoms with Gasteiger partial charge >= 0.3 is 0 Å². The Bertz CT molecular complexity index is 1260. The van der Waals surface area contributed by atoms with Gasteiger partial charge in [0.25, 0.3) is 0 Å². The highest BCUT2D eigenvalue weighted by Crippen LogP contribution is 2.27. The third kappa shape index (κ3) is 5.70. The number of carbonyl (C=O) groups excluding carboxylic acids is 1. The predicted molar refractivity (Wildman–Crippen MR) is 138 cm³/mol. The predicted octanol–water partition coefficient (Wildman–Crippen LogP) is 4.87. The lowest BCUT2D eigenvalue weighted by Crippen LogP contribution is -2.35. The van der Waals surface area contributed by atoms with Crippen molar-refractivity contribution in [2.75, 3.05) is 13.1 Å². The standard InChI is InChI=1S/C27H35N3O4S/c1-4-25(27(31)28-19-21-8-10-23(11-9-21)34-20(2)3)30-17-14-22-18-24(12-13-26(22)30)35(32,33)29-15-6-5-7-16-29/h8-14,17-18,20,25H,4-7,15-16,19H2,1-3H3,(H,28,31). The molecule has 0 bridgehead atoms. The molecule has 0 spiro atoms. The fourth-order valence-corrected chi connectivity index (χ4v) is 6.16. The first-order valence-corrected chi connectivity index (χ1v) is 13.9. The zero-order chi connectivity index (χ0) is 25.0. The zero-order valence-corrected chi connectivity index (χ0v) is 21.6. The van der Waals surface area contributed by atoms with Crippen molar-refractivity contribution < 1.29 is 17.9 Å². The third-order valence-corrected chi connectivity index (χ3v) is 8.33. The zero-order valence-electron chi connectivity index (χ0n) is 20.7. The van der Waals surface area contributed by atoms with Crippen molar-refractivity contribution in [2.24, 2.45) is 0 Å². The van der Waals surface area contributed by atoms with Gasteiger partial charge in [-0.15, -0.1) is 0 Å². The van der Waals surface area contributed by atoms with E-state index in [4.69, 9.17) is 4.74 Å². The van der Waals surface area contributed by atoms with Crippen molar-refractivity contribution in [3.05, 3.63) is 60.3 Å². The number of nitrogens with zero attached hydrogens (tertiary/aromatic N) is 2. The van der Waals surface area contributed by atoms with E-state index in [1.807, 2.05) is 67.9 Å². The highest BCUT2D eigenvalue weighted by molar-refractivity contribution is 7.89. The molecule has 0 aliphatic carbocycles. The summed E-state index contributed by atoms with van der Waals surface area (Å²) in [5, 5.41) is 3.85. The third-order valence-electron chi connectivity index (χ3n) is 6.43. The van der Waals surface area contributed by atoms with Crippen LogP contribution in [-0.2, 0) is 21.4 Å². The number of rotatable bonds is 9. The van der Waals surface area contributed by atoms with Gasteiger partial charge in [0.2, 0.25) is 15.9 Å². The number of nitrogens with one attached hydrogen (secondary N) is 1. The van der Waals surface area contributed by atoms with Gasteiger partial charge in [-0.3, -0.25) is 4.79 Å². The number of carbonyl (C=O) groups is 1. The molecule has 2 heterocycles. The van der Waals surface area contributed by atoms with E-state index in [0.29, 0.717) is 31.0 Å². The van der Waals surface area contributed by atoms with E-state index < -0.39 is 10.0 Å². The van der Waals surface area contributed by atoms with Gasteiger partial charge in [-0.1, -0.05) is 25.5 Å². The van der Waals surface area contributed by atoms with Crippen LogP contribution in [0.1, 0.15) is 58.1 Å². The van der Waals surface area contributed by atoms with E-state index in [2.05, 4.69) is 5.32 Å². The quantitative estimate of drug-likeness (QED) is 0.457. The van der Waals surface area contributed by atoms with Crippen molar-refractivity contribution in [1.82, 2.24) is 14.2 Å². The number of hydrogen-bond donors (Lipinski definition) is 1. The van der Waals surface area contributed by atoms with Crippen LogP contribution in [0.15, 0.2) is 59.6 Å². The van der Waals surface area contributed by atoms with E-state index in [9.17, 15) is 13.2 Å². The van der Waals surface area contributed by atoms with Crippen LogP contribution in [0.4, 0.5) is 0 Å². The average Bonchev–Trinajstić information content (AvgIpc) is 3.27. The van der Waals surface area contributed by atoms with Crippen LogP contribution < -0.4 is 10.1 Å². The van der Waals surface area contributed by atoms with E-state index >= 15 is 0 Å². The summed E-state index contributed by atoms with van der Waals surface area (Å²) in [5.74, 6) is 0.736. The number of benzene rings is 2. The topological polar surface area (TPSA) is 80.6 Å². The van der Waals surface area contributed by atoms with Gasteiger partial charge in [-0.25, -0.2) is 8.42 Å². The molecule has 1 N–H and O–H groups in total. The fourth-order valence-electron chi connectivity index (χ4n) is 4.60. The van der Waals surface area contributed by atoms with E-state index in [1.165, 1.54) is 0 Å². The van der Waals surface area contributed by atoms with Crippen molar-refractivity contribution in [1.29, 1.82) is 0 Å². The Hall–Kier alpha value is -2.84. The molecule has 1 unspecified atom stereocenters. The number of amides is 1. The largest absolute Gasteiger partial charge is 0.491 e. The summed E-state index contributed by atoms with van der Waals surface area (Å²) in [6.45, 7) is 7.52. The lowest BCUT2D eigenvalue weighted by molar-refractivity contribution is -0.124. The molecule has 8 heteroatoms. The molecule has 4 rings (SSSR count). The maximum absolute atomic E-state index is 13.1. The second-order valence-corrected chi connectivity index (χ2v) is 11.3. The maximum Gasteiger partial charge on any atom is 0.243 e. The minimum Gasteiger partial charge on any atom is -0.491 e. The van der Waals surface area contributed by atoms with Crippen LogP contribution in [0, 0.1) is 0 Å². The summed E-state index contributed by atoms with van der Waals surface area (Å²) in [6, 6.07) is 14.4. The first kappa shape index (κ1) is 25.3. The van der Waals surface area contributed by atoms with Gasteiger partial charge < -0.3 is 14.6 Å². The molecule has 1 aliphatic rings. The number of ether oxygens (including phenoxy) is 1. The molecule has 188 valence electrons. The highest BCUT2D eigenvalue weighted by atomic mass is 32.2. The van der Waals surface area contributed by atoms with Crippen molar-refractivity contribution in [3.8, 4) is 5.75 Å². The monoisotopic (exact) mass is 497 g/mol. The molecule has 1 saturated heterocycles. The minimum absolute atomic E-state index is 0.0717. The maximum atomic E-state index is 13.1. The fraction of sp³-hybridized carbons (Fsp3) is 0.444. The van der Waals surface area contributed by atoms with Crippen LogP contribution in [0.2, 0.25) is 0 Å². The number of sulfonamides is 1. The Morgan fingerprint density at radius 1 is 1.03 bits per heavy atom. The van der Waals surface area contributed by atoms with Crippen LogP contribution in [0.5, 0.6) is 5.75 Å². The Kier molecular flexibility index (Phi) is 7.82. The molecule has 7 nitrogen and oxygen atoms in total. The molecular weight excluding hydrogens is 462 g/mol. The summed E-state index contributed by atoms with van der Waals surface area (Å²) in [6.07, 6.45) is 5.48. The van der Waals surface area contributed by atoms with Gasteiger partial charge in [-0.2, -0.15) is 4.31 Å². The number of piperidine rings is 1. The molecule has 1 aromatic heterocycles. The molecule has 1 atom stereocenters. The molecule has 2 aromatic carbocycles. The number of aromatic nitrogens is 1. The molecule has 3 aromatic rings. The van der Waals surface area contributed by atoms with Crippen molar-refractivity contribution >= 4 is 26.8 Å². The second-order valence-electron chi connectivity index (χ2n) is 9.36. The van der Waals surface area contributed by atoms with Gasteiger partial charge in [-0.05, 0) is 75.1 Å². The lowest BCUT2D eigenvalue weighted by Gasteiger charge is -2.26. The van der Waals surface area contributed by atoms with Crippen molar-refractivity contribution in [3.63, 3.8) is 0 Å². The van der Waals surface area contributed by atoms with E-state index in [-0.39, 0.29) is 18.1 Å². The van der Waals surface area contributed by atoms with Gasteiger partial charge in [0.1, 0.15) is 11.8 Å². The SMILES string of the molecule is CCC(C(=O)NCc1ccc(OC(C)C)cc1)n1ccc2cc(S(=O)(=O)N3CCCCC3)ccc21. The van der Waals surface area contributed by atoms with Gasteiger partial charge in [0, 0.05) is 36.7 Å². The molecule has 0 radical (unpaired) electrons. The molecule has 0 saturated carbocycles. The van der Waals surface area contributed by atoms with Crippen molar-refractivity contribution in [2.45, 2.75) is 70.0 Å². The Balaban J connectivity index is 1.47. The normalized spacial score (nSPS) is 15.9. The summed E-state index contributed by atoms with van der Waals surface area (Å²) < 4.78 is 35.3. The average molecular weight is 498 g/mol. The molecule has 1 amide bonds. The second kappa shape index (κ2) is 10.8. The summed E-state index contributed by atoms with van der Waals surface area (Å²) in [5.41, 5.74) is 1.84. The minimum atomic E-state index is -3.50. The smallest absolute Gasteiger partial charge is 0.243 e. The number of fused-ring (bicyclic) bond motifs is 1. The van der Waals surface area contributed by atoms with Gasteiger partial charge in [0.15, 0.2) is 0 Å². The van der Waals surface area contributed by atoms with Crippen LogP contribution in [0.3, 0.4) is 0 Å². The first-order valence-electron chi connectivity index (χ1n) is 12.4. The van der Waals surface area contributed by atoms with Gasteiger partial charge in [0.05, 0.1) is 11.0 Å². The van der Waals surface area contributed by atoms with Crippen LogP contribution >= 0.6 is 0 Å². The summed E-state index contributed by atoms with van der Waals surface area (Å²) in [4.78, 5) is 13.4. The molecule has 1 fully saturated rings. The molecular formula is C27H35N3O4S. The lowest BCUT2D eigenvalue weighted by atomic mass is 10.1. The first-order chi connectivity index (χ1) is 16.8. The highest BCUT2D eigenvalue weighted by Gasteiger charge is 2.27. The van der Waals surface area contributed by atoms with E-state index in [1.54, 1.807) is 16.4 Å². The Morgan fingerprint density at radius 3 is 2.40 bits per heavy atom. The molecule has 35 heavy (non-hydrogen) atoms. The van der Waals surface area contributed by atoms with Crippen LogP contribution in [0.25, 0.3) is 10.9 Å². The Labute approximate surface area is 208 Å². The van der Waals surface area contributed by atoms with Crippen LogP contribution in [-0.4, -0.2) is 42.4 Å². The van der Waals surface area contributed by atoms with E-state index in [0.717, 1.165) is 41.5 Å². The number of hydrogen-bond acceptors (Lipinski definition) is 4. The Morgan fingerprint density at radius 2 is 1.74 bits per heavy atom.